The molecule has 0 amide bonds. The Kier molecular flexibility index (Phi) is 5.34. The highest BCUT2D eigenvalue weighted by atomic mass is 16.5. The van der Waals surface area contributed by atoms with Crippen LogP contribution < -0.4 is 0 Å². The van der Waals surface area contributed by atoms with Gasteiger partial charge in [-0.15, -0.1) is 0 Å². The molecule has 0 aliphatic heterocycles. The summed E-state index contributed by atoms with van der Waals surface area (Å²) < 4.78 is 4.91. The summed E-state index contributed by atoms with van der Waals surface area (Å²) in [6, 6.07) is 0. The first-order valence-corrected chi connectivity index (χ1v) is 4.56. The quantitative estimate of drug-likeness (QED) is 0.685. The highest BCUT2D eigenvalue weighted by Crippen LogP contribution is 2.09. The van der Waals surface area contributed by atoms with E-state index in [1.165, 1.54) is 0 Å². The minimum atomic E-state index is 0.365. The first-order valence-electron chi connectivity index (χ1n) is 4.56. The molecule has 12 heavy (non-hydrogen) atoms. The van der Waals surface area contributed by atoms with Crippen LogP contribution in [0.4, 0.5) is 0 Å². The van der Waals surface area contributed by atoms with Gasteiger partial charge in [-0.25, -0.2) is 0 Å². The summed E-state index contributed by atoms with van der Waals surface area (Å²) in [7, 11) is 0. The normalized spacial score (nSPS) is 9.50. The molecular weight excluding hydrogens is 152 g/mol. The molecule has 0 N–H and O–H groups in total. The smallest absolute Gasteiger partial charge is 0.226 e. The molecule has 0 atom stereocenters. The number of aromatic nitrogens is 2. The molecule has 3 nitrogen and oxygen atoms in total. The van der Waals surface area contributed by atoms with E-state index < -0.39 is 0 Å². The van der Waals surface area contributed by atoms with E-state index in [2.05, 4.69) is 10.1 Å². The predicted octanol–water partition coefficient (Wildman–Crippen LogP) is 2.78. The molecule has 1 aromatic rings. The van der Waals surface area contributed by atoms with Crippen LogP contribution >= 0.6 is 0 Å². The summed E-state index contributed by atoms with van der Waals surface area (Å²) in [5.41, 5.74) is 0. The summed E-state index contributed by atoms with van der Waals surface area (Å²) in [5, 5.41) is 3.80. The monoisotopic (exact) mass is 170 g/mol. The van der Waals surface area contributed by atoms with Gasteiger partial charge in [-0.2, -0.15) is 4.98 Å². The Balaban J connectivity index is 0.000000561. The van der Waals surface area contributed by atoms with Gasteiger partial charge in [0.15, 0.2) is 5.82 Å². The maximum Gasteiger partial charge on any atom is 0.226 e. The minimum absolute atomic E-state index is 0.365. The Bertz CT molecular complexity index is 206. The zero-order valence-corrected chi connectivity index (χ0v) is 8.59. The van der Waals surface area contributed by atoms with Gasteiger partial charge in [0.2, 0.25) is 5.89 Å². The van der Waals surface area contributed by atoms with Crippen molar-refractivity contribution >= 4 is 0 Å². The number of hydrogen-bond donors (Lipinski definition) is 0. The van der Waals surface area contributed by atoms with E-state index in [1.54, 1.807) is 0 Å². The number of rotatable bonds is 2. The van der Waals surface area contributed by atoms with E-state index in [9.17, 15) is 0 Å². The van der Waals surface area contributed by atoms with Crippen LogP contribution in [0.1, 0.15) is 52.3 Å². The largest absolute Gasteiger partial charge is 0.339 e. The van der Waals surface area contributed by atoms with Gasteiger partial charge in [-0.3, -0.25) is 0 Å². The van der Waals surface area contributed by atoms with Crippen molar-refractivity contribution in [3.05, 3.63) is 11.7 Å². The first-order chi connectivity index (χ1) is 5.74. The van der Waals surface area contributed by atoms with Crippen LogP contribution in [0.3, 0.4) is 0 Å². The molecule has 0 saturated heterocycles. The molecule has 0 aliphatic rings. The predicted molar refractivity (Wildman–Crippen MR) is 49.1 cm³/mol. The fourth-order valence-corrected chi connectivity index (χ4v) is 0.646. The summed E-state index contributed by atoms with van der Waals surface area (Å²) in [4.78, 5) is 4.15. The van der Waals surface area contributed by atoms with Crippen molar-refractivity contribution in [3.63, 3.8) is 0 Å². The second kappa shape index (κ2) is 5.75. The maximum absolute atomic E-state index is 4.91. The number of aryl methyl sites for hydroxylation is 1. The van der Waals surface area contributed by atoms with Crippen LogP contribution in [-0.2, 0) is 6.42 Å². The lowest BCUT2D eigenvalue weighted by Crippen LogP contribution is -1.89. The third kappa shape index (κ3) is 3.03. The highest BCUT2D eigenvalue weighted by molar-refractivity contribution is 4.90. The first kappa shape index (κ1) is 11.1. The standard InChI is InChI=1S/C7H12N2O.C2H6/c1-4-6-8-7(5(2)3)9-10-6;1-2/h5H,4H2,1-3H3;1-2H3. The van der Waals surface area contributed by atoms with Gasteiger partial charge in [-0.05, 0) is 0 Å². The molecule has 0 aliphatic carbocycles. The van der Waals surface area contributed by atoms with Crippen LogP contribution in [0.15, 0.2) is 4.52 Å². The third-order valence-electron chi connectivity index (χ3n) is 1.30. The molecule has 0 spiro atoms. The van der Waals surface area contributed by atoms with Crippen LogP contribution in [0.5, 0.6) is 0 Å². The summed E-state index contributed by atoms with van der Waals surface area (Å²) in [6.45, 7) is 10.1. The van der Waals surface area contributed by atoms with Crippen molar-refractivity contribution in [2.24, 2.45) is 0 Å². The van der Waals surface area contributed by atoms with E-state index in [1.807, 2.05) is 34.6 Å². The molecule has 0 aromatic carbocycles. The van der Waals surface area contributed by atoms with Gasteiger partial charge in [0.25, 0.3) is 0 Å². The van der Waals surface area contributed by atoms with Crippen molar-refractivity contribution in [1.29, 1.82) is 0 Å². The molecule has 0 saturated carbocycles. The van der Waals surface area contributed by atoms with Crippen molar-refractivity contribution in [3.8, 4) is 0 Å². The fourth-order valence-electron chi connectivity index (χ4n) is 0.646. The molecule has 0 unspecified atom stereocenters. The highest BCUT2D eigenvalue weighted by Gasteiger charge is 2.06. The van der Waals surface area contributed by atoms with E-state index in [4.69, 9.17) is 4.52 Å². The lowest BCUT2D eigenvalue weighted by molar-refractivity contribution is 0.375. The zero-order valence-electron chi connectivity index (χ0n) is 8.59. The number of hydrogen-bond acceptors (Lipinski definition) is 3. The lowest BCUT2D eigenvalue weighted by Gasteiger charge is -1.91. The van der Waals surface area contributed by atoms with E-state index >= 15 is 0 Å². The molecule has 0 radical (unpaired) electrons. The molecular formula is C9H18N2O. The van der Waals surface area contributed by atoms with E-state index in [0.717, 1.165) is 18.1 Å². The third-order valence-corrected chi connectivity index (χ3v) is 1.30. The zero-order chi connectivity index (χ0) is 9.56. The topological polar surface area (TPSA) is 38.9 Å². The van der Waals surface area contributed by atoms with Gasteiger partial charge < -0.3 is 4.52 Å². The Morgan fingerprint density at radius 3 is 2.17 bits per heavy atom. The van der Waals surface area contributed by atoms with Crippen molar-refractivity contribution in [2.45, 2.75) is 47.0 Å². The van der Waals surface area contributed by atoms with Gasteiger partial charge >= 0.3 is 0 Å². The molecule has 1 aromatic heterocycles. The van der Waals surface area contributed by atoms with Crippen LogP contribution in [0.2, 0.25) is 0 Å². The second-order valence-corrected chi connectivity index (χ2v) is 2.55. The fraction of sp³-hybridized carbons (Fsp3) is 0.778. The maximum atomic E-state index is 4.91. The van der Waals surface area contributed by atoms with Crippen LogP contribution in [0.25, 0.3) is 0 Å². The van der Waals surface area contributed by atoms with Gasteiger partial charge in [-0.1, -0.05) is 39.8 Å². The second-order valence-electron chi connectivity index (χ2n) is 2.55. The average Bonchev–Trinajstić information content (AvgIpc) is 2.55. The molecule has 3 heteroatoms. The van der Waals surface area contributed by atoms with Crippen LogP contribution in [-0.4, -0.2) is 10.1 Å². The van der Waals surface area contributed by atoms with Crippen molar-refractivity contribution < 1.29 is 4.52 Å². The summed E-state index contributed by atoms with van der Waals surface area (Å²) >= 11 is 0. The van der Waals surface area contributed by atoms with Gasteiger partial charge in [0, 0.05) is 12.3 Å². The van der Waals surface area contributed by atoms with Crippen LogP contribution in [0, 0.1) is 0 Å². The van der Waals surface area contributed by atoms with Crippen molar-refractivity contribution in [1.82, 2.24) is 10.1 Å². The molecule has 0 fully saturated rings. The molecule has 1 heterocycles. The minimum Gasteiger partial charge on any atom is -0.339 e. The average molecular weight is 170 g/mol. The van der Waals surface area contributed by atoms with Gasteiger partial charge in [0.05, 0.1) is 0 Å². The Labute approximate surface area is 74.2 Å². The van der Waals surface area contributed by atoms with E-state index in [0.29, 0.717) is 5.92 Å². The van der Waals surface area contributed by atoms with Crippen molar-refractivity contribution in [2.75, 3.05) is 0 Å². The molecule has 0 bridgehead atoms. The molecule has 1 rings (SSSR count). The summed E-state index contributed by atoms with van der Waals surface area (Å²) in [5.74, 6) is 1.89. The molecule has 70 valence electrons. The summed E-state index contributed by atoms with van der Waals surface area (Å²) in [6.07, 6.45) is 0.819. The number of nitrogens with zero attached hydrogens (tertiary/aromatic N) is 2. The lowest BCUT2D eigenvalue weighted by atomic mass is 10.2. The Hall–Kier alpha value is -0.860. The SMILES string of the molecule is CC.CCc1nc(C(C)C)no1. The van der Waals surface area contributed by atoms with Gasteiger partial charge in [0.1, 0.15) is 0 Å². The Morgan fingerprint density at radius 2 is 1.92 bits per heavy atom. The van der Waals surface area contributed by atoms with E-state index in [-0.39, 0.29) is 0 Å². The Morgan fingerprint density at radius 1 is 1.33 bits per heavy atom.